The van der Waals surface area contributed by atoms with Crippen LogP contribution in [0, 0.1) is 0 Å². The van der Waals surface area contributed by atoms with Crippen LogP contribution in [0.25, 0.3) is 0 Å². The van der Waals surface area contributed by atoms with Gasteiger partial charge in [-0.2, -0.15) is 0 Å². The van der Waals surface area contributed by atoms with Crippen LogP contribution in [0.2, 0.25) is 0 Å². The second-order valence-electron chi connectivity index (χ2n) is 4.08. The lowest BCUT2D eigenvalue weighted by molar-refractivity contribution is 0.110. The Morgan fingerprint density at radius 2 is 2.31 bits per heavy atom. The molecule has 1 saturated heterocycles. The van der Waals surface area contributed by atoms with E-state index in [9.17, 15) is 0 Å². The van der Waals surface area contributed by atoms with Crippen molar-refractivity contribution in [3.8, 4) is 5.75 Å². The normalized spacial score (nSPS) is 19.9. The molecule has 1 atom stereocenters. The first-order chi connectivity index (χ1) is 7.90. The van der Waals surface area contributed by atoms with Crippen molar-refractivity contribution in [3.63, 3.8) is 0 Å². The first kappa shape index (κ1) is 11.4. The minimum absolute atomic E-state index is 0.398. The molecule has 0 radical (unpaired) electrons. The fraction of sp³-hybridized carbons (Fsp3) is 0.538. The van der Waals surface area contributed by atoms with Crippen molar-refractivity contribution in [2.24, 2.45) is 0 Å². The molecule has 1 aromatic carbocycles. The van der Waals surface area contributed by atoms with Gasteiger partial charge in [0.15, 0.2) is 0 Å². The molecule has 0 spiro atoms. The van der Waals surface area contributed by atoms with Gasteiger partial charge in [-0.3, -0.25) is 0 Å². The van der Waals surface area contributed by atoms with E-state index in [-0.39, 0.29) is 0 Å². The predicted molar refractivity (Wildman–Crippen MR) is 63.7 cm³/mol. The Morgan fingerprint density at radius 3 is 3.06 bits per heavy atom. The maximum atomic E-state index is 5.55. The van der Waals surface area contributed by atoms with Gasteiger partial charge in [-0.05, 0) is 18.9 Å². The van der Waals surface area contributed by atoms with Crippen molar-refractivity contribution in [1.82, 2.24) is 5.32 Å². The van der Waals surface area contributed by atoms with Gasteiger partial charge in [-0.15, -0.1) is 0 Å². The van der Waals surface area contributed by atoms with Crippen LogP contribution in [0.15, 0.2) is 24.3 Å². The molecule has 16 heavy (non-hydrogen) atoms. The summed E-state index contributed by atoms with van der Waals surface area (Å²) in [5.74, 6) is 0.947. The van der Waals surface area contributed by atoms with Gasteiger partial charge < -0.3 is 14.8 Å². The van der Waals surface area contributed by atoms with Crippen LogP contribution in [0.5, 0.6) is 5.75 Å². The van der Waals surface area contributed by atoms with Gasteiger partial charge >= 0.3 is 0 Å². The maximum Gasteiger partial charge on any atom is 0.123 e. The fourth-order valence-electron chi connectivity index (χ4n) is 2.02. The minimum atomic E-state index is 0.398. The third-order valence-corrected chi connectivity index (χ3v) is 2.90. The van der Waals surface area contributed by atoms with Crippen LogP contribution in [-0.4, -0.2) is 26.4 Å². The van der Waals surface area contributed by atoms with E-state index in [1.54, 1.807) is 7.11 Å². The van der Waals surface area contributed by atoms with E-state index in [2.05, 4.69) is 11.4 Å². The number of hydrogen-bond donors (Lipinski definition) is 1. The SMILES string of the molecule is COc1ccccc1CNC[C@@H]1CCCO1. The van der Waals surface area contributed by atoms with Crippen LogP contribution in [0.3, 0.4) is 0 Å². The highest BCUT2D eigenvalue weighted by molar-refractivity contribution is 5.32. The smallest absolute Gasteiger partial charge is 0.123 e. The van der Waals surface area contributed by atoms with E-state index in [0.29, 0.717) is 6.10 Å². The van der Waals surface area contributed by atoms with E-state index in [0.717, 1.165) is 25.4 Å². The zero-order chi connectivity index (χ0) is 11.2. The highest BCUT2D eigenvalue weighted by Gasteiger charge is 2.14. The molecular weight excluding hydrogens is 202 g/mol. The van der Waals surface area contributed by atoms with Crippen LogP contribution < -0.4 is 10.1 Å². The molecule has 1 fully saturated rings. The van der Waals surface area contributed by atoms with Crippen molar-refractivity contribution < 1.29 is 9.47 Å². The summed E-state index contributed by atoms with van der Waals surface area (Å²) in [6.07, 6.45) is 2.77. The van der Waals surface area contributed by atoms with E-state index < -0.39 is 0 Å². The molecule has 0 amide bonds. The summed E-state index contributed by atoms with van der Waals surface area (Å²) in [5.41, 5.74) is 1.20. The number of methoxy groups -OCH3 is 1. The summed E-state index contributed by atoms with van der Waals surface area (Å²) in [5, 5.41) is 3.41. The number of rotatable bonds is 5. The molecule has 0 bridgehead atoms. The average molecular weight is 221 g/mol. The van der Waals surface area contributed by atoms with Gasteiger partial charge in [-0.1, -0.05) is 18.2 Å². The van der Waals surface area contributed by atoms with Gasteiger partial charge in [0, 0.05) is 25.3 Å². The molecule has 0 aromatic heterocycles. The molecule has 1 N–H and O–H groups in total. The third-order valence-electron chi connectivity index (χ3n) is 2.90. The summed E-state index contributed by atoms with van der Waals surface area (Å²) in [4.78, 5) is 0. The van der Waals surface area contributed by atoms with E-state index in [1.807, 2.05) is 18.2 Å². The number of benzene rings is 1. The molecule has 0 unspecified atom stereocenters. The van der Waals surface area contributed by atoms with Crippen LogP contribution in [0.1, 0.15) is 18.4 Å². The number of ether oxygens (including phenoxy) is 2. The molecule has 1 aliphatic heterocycles. The standard InChI is InChI=1S/C13H19NO2/c1-15-13-7-3-2-5-11(13)9-14-10-12-6-4-8-16-12/h2-3,5,7,12,14H,4,6,8-10H2,1H3/t12-/m0/s1. The van der Waals surface area contributed by atoms with Crippen LogP contribution in [0.4, 0.5) is 0 Å². The predicted octanol–water partition coefficient (Wildman–Crippen LogP) is 1.96. The van der Waals surface area contributed by atoms with E-state index >= 15 is 0 Å². The zero-order valence-electron chi connectivity index (χ0n) is 9.74. The molecule has 2 rings (SSSR count). The quantitative estimate of drug-likeness (QED) is 0.824. The third kappa shape index (κ3) is 2.97. The van der Waals surface area contributed by atoms with E-state index in [1.165, 1.54) is 18.4 Å². The lowest BCUT2D eigenvalue weighted by Gasteiger charge is -2.12. The number of para-hydroxylation sites is 1. The summed E-state index contributed by atoms with van der Waals surface area (Å²) in [7, 11) is 1.71. The summed E-state index contributed by atoms with van der Waals surface area (Å²) >= 11 is 0. The summed E-state index contributed by atoms with van der Waals surface area (Å²) < 4.78 is 10.9. The Labute approximate surface area is 96.8 Å². The second kappa shape index (κ2) is 5.87. The number of hydrogen-bond acceptors (Lipinski definition) is 3. The lowest BCUT2D eigenvalue weighted by atomic mass is 10.2. The molecule has 1 aromatic rings. The Kier molecular flexibility index (Phi) is 4.19. The molecule has 1 aliphatic rings. The monoisotopic (exact) mass is 221 g/mol. The highest BCUT2D eigenvalue weighted by atomic mass is 16.5. The summed E-state index contributed by atoms with van der Waals surface area (Å²) in [6, 6.07) is 8.10. The minimum Gasteiger partial charge on any atom is -0.496 e. The van der Waals surface area contributed by atoms with E-state index in [4.69, 9.17) is 9.47 Å². The second-order valence-corrected chi connectivity index (χ2v) is 4.08. The molecular formula is C13H19NO2. The molecule has 0 aliphatic carbocycles. The lowest BCUT2D eigenvalue weighted by Crippen LogP contribution is -2.25. The van der Waals surface area contributed by atoms with Crippen LogP contribution in [-0.2, 0) is 11.3 Å². The van der Waals surface area contributed by atoms with Gasteiger partial charge in [-0.25, -0.2) is 0 Å². The summed E-state index contributed by atoms with van der Waals surface area (Å²) in [6.45, 7) is 2.68. The van der Waals surface area contributed by atoms with Gasteiger partial charge in [0.25, 0.3) is 0 Å². The molecule has 3 heteroatoms. The number of nitrogens with one attached hydrogen (secondary N) is 1. The molecule has 3 nitrogen and oxygen atoms in total. The fourth-order valence-corrected chi connectivity index (χ4v) is 2.02. The van der Waals surface area contributed by atoms with Crippen molar-refractivity contribution in [3.05, 3.63) is 29.8 Å². The Bertz CT molecular complexity index is 321. The Balaban J connectivity index is 1.79. The van der Waals surface area contributed by atoms with Crippen molar-refractivity contribution in [2.75, 3.05) is 20.3 Å². The maximum absolute atomic E-state index is 5.55. The molecule has 0 saturated carbocycles. The van der Waals surface area contributed by atoms with Crippen molar-refractivity contribution in [1.29, 1.82) is 0 Å². The highest BCUT2D eigenvalue weighted by Crippen LogP contribution is 2.17. The van der Waals surface area contributed by atoms with Crippen LogP contribution >= 0.6 is 0 Å². The first-order valence-electron chi connectivity index (χ1n) is 5.84. The Morgan fingerprint density at radius 1 is 1.44 bits per heavy atom. The average Bonchev–Trinajstić information content (AvgIpc) is 2.83. The molecule has 1 heterocycles. The molecule has 88 valence electrons. The van der Waals surface area contributed by atoms with Crippen molar-refractivity contribution >= 4 is 0 Å². The topological polar surface area (TPSA) is 30.5 Å². The Hall–Kier alpha value is -1.06. The first-order valence-corrected chi connectivity index (χ1v) is 5.84. The van der Waals surface area contributed by atoms with Gasteiger partial charge in [0.1, 0.15) is 5.75 Å². The van der Waals surface area contributed by atoms with Gasteiger partial charge in [0.2, 0.25) is 0 Å². The van der Waals surface area contributed by atoms with Gasteiger partial charge in [0.05, 0.1) is 13.2 Å². The van der Waals surface area contributed by atoms with Crippen molar-refractivity contribution in [2.45, 2.75) is 25.5 Å². The zero-order valence-corrected chi connectivity index (χ0v) is 9.74. The largest absolute Gasteiger partial charge is 0.496 e.